The van der Waals surface area contributed by atoms with Crippen LogP contribution in [0, 0.1) is 3.70 Å². The van der Waals surface area contributed by atoms with Crippen molar-refractivity contribution >= 4 is 65.2 Å². The Morgan fingerprint density at radius 2 is 2.10 bits per heavy atom. The number of fused-ring (bicyclic) bond motifs is 1. The lowest BCUT2D eigenvalue weighted by Gasteiger charge is -2.16. The summed E-state index contributed by atoms with van der Waals surface area (Å²) in [5.41, 5.74) is 1.65. The highest BCUT2D eigenvalue weighted by Crippen LogP contribution is 2.26. The van der Waals surface area contributed by atoms with E-state index >= 15 is 0 Å². The van der Waals surface area contributed by atoms with Crippen LogP contribution in [0.4, 0.5) is 0 Å². The van der Waals surface area contributed by atoms with E-state index in [2.05, 4.69) is 52.2 Å². The van der Waals surface area contributed by atoms with Crippen molar-refractivity contribution in [2.45, 2.75) is 37.6 Å². The van der Waals surface area contributed by atoms with Crippen LogP contribution in [0.3, 0.4) is 0 Å². The molecule has 0 saturated carbocycles. The van der Waals surface area contributed by atoms with Crippen LogP contribution in [0.5, 0.6) is 0 Å². The highest BCUT2D eigenvalue weighted by Gasteiger charge is 2.15. The topological polar surface area (TPSA) is 39.9 Å². The molecule has 0 aliphatic rings. The molecule has 0 amide bonds. The van der Waals surface area contributed by atoms with Gasteiger partial charge in [-0.3, -0.25) is 4.57 Å². The monoisotopic (exact) mass is 455 g/mol. The van der Waals surface area contributed by atoms with Crippen molar-refractivity contribution in [1.82, 2.24) is 14.5 Å². The lowest BCUT2D eigenvalue weighted by molar-refractivity contribution is 0.0843. The highest BCUT2D eigenvalue weighted by molar-refractivity contribution is 14.1. The average Bonchev–Trinajstić information content (AvgIpc) is 2.71. The van der Waals surface area contributed by atoms with Crippen LogP contribution in [0.2, 0.25) is 30.7 Å². The Bertz CT molecular complexity index is 644. The first-order valence-electron chi connectivity index (χ1n) is 6.66. The third kappa shape index (κ3) is 4.57. The van der Waals surface area contributed by atoms with Crippen LogP contribution >= 0.6 is 46.0 Å². The average molecular weight is 456 g/mol. The molecule has 116 valence electrons. The van der Waals surface area contributed by atoms with Crippen LogP contribution in [0.15, 0.2) is 11.2 Å². The molecular formula is C13H19ClIN3OSSi. The number of hydrogen-bond donors (Lipinski definition) is 0. The Morgan fingerprint density at radius 1 is 1.38 bits per heavy atom. The Hall–Kier alpha value is 0.167. The number of hydrogen-bond acceptors (Lipinski definition) is 4. The SMILES string of the molecule is CSc1nc2nc(I)c(Cl)cc2n1COCC[Si](C)(C)C. The maximum atomic E-state index is 6.18. The summed E-state index contributed by atoms with van der Waals surface area (Å²) in [6.45, 7) is 8.33. The first-order valence-corrected chi connectivity index (χ1v) is 13.0. The molecule has 0 fully saturated rings. The van der Waals surface area contributed by atoms with Crippen molar-refractivity contribution < 1.29 is 4.74 Å². The van der Waals surface area contributed by atoms with E-state index in [-0.39, 0.29) is 0 Å². The van der Waals surface area contributed by atoms with E-state index in [1.165, 1.54) is 0 Å². The smallest absolute Gasteiger partial charge is 0.180 e. The first kappa shape index (κ1) is 17.5. The molecule has 0 radical (unpaired) electrons. The number of pyridine rings is 1. The number of aromatic nitrogens is 3. The zero-order valence-electron chi connectivity index (χ0n) is 12.6. The van der Waals surface area contributed by atoms with E-state index in [0.29, 0.717) is 11.8 Å². The summed E-state index contributed by atoms with van der Waals surface area (Å²) in [7, 11) is -1.06. The van der Waals surface area contributed by atoms with Crippen molar-refractivity contribution in [1.29, 1.82) is 0 Å². The summed E-state index contributed by atoms with van der Waals surface area (Å²) in [6, 6.07) is 3.07. The van der Waals surface area contributed by atoms with Crippen LogP contribution in [0.25, 0.3) is 11.2 Å². The van der Waals surface area contributed by atoms with Gasteiger partial charge < -0.3 is 4.74 Å². The van der Waals surface area contributed by atoms with Crippen molar-refractivity contribution in [2.75, 3.05) is 12.9 Å². The molecule has 8 heteroatoms. The number of thioether (sulfide) groups is 1. The largest absolute Gasteiger partial charge is 0.361 e. The van der Waals surface area contributed by atoms with Gasteiger partial charge in [-0.25, -0.2) is 9.97 Å². The molecule has 0 N–H and O–H groups in total. The van der Waals surface area contributed by atoms with E-state index in [9.17, 15) is 0 Å². The minimum Gasteiger partial charge on any atom is -0.361 e. The second kappa shape index (κ2) is 7.16. The molecule has 4 nitrogen and oxygen atoms in total. The van der Waals surface area contributed by atoms with Gasteiger partial charge in [-0.1, -0.05) is 43.0 Å². The van der Waals surface area contributed by atoms with Gasteiger partial charge in [-0.05, 0) is 41.0 Å². The molecule has 21 heavy (non-hydrogen) atoms. The number of rotatable bonds is 6. The molecule has 0 spiro atoms. The fraction of sp³-hybridized carbons (Fsp3) is 0.538. The predicted octanol–water partition coefficient (Wildman–Crippen LogP) is 4.72. The van der Waals surface area contributed by atoms with Gasteiger partial charge >= 0.3 is 0 Å². The predicted molar refractivity (Wildman–Crippen MR) is 101 cm³/mol. The lowest BCUT2D eigenvalue weighted by Crippen LogP contribution is -2.22. The fourth-order valence-electron chi connectivity index (χ4n) is 1.80. The van der Waals surface area contributed by atoms with E-state index in [0.717, 1.165) is 32.7 Å². The zero-order chi connectivity index (χ0) is 15.6. The quantitative estimate of drug-likeness (QED) is 0.208. The van der Waals surface area contributed by atoms with Crippen LogP contribution in [0.1, 0.15) is 0 Å². The van der Waals surface area contributed by atoms with Gasteiger partial charge in [0.1, 0.15) is 10.4 Å². The number of halogens is 2. The minimum absolute atomic E-state index is 0.496. The van der Waals surface area contributed by atoms with Crippen LogP contribution < -0.4 is 0 Å². The molecule has 0 saturated heterocycles. The summed E-state index contributed by atoms with van der Waals surface area (Å²) in [6.07, 6.45) is 2.01. The molecule has 2 aromatic rings. The fourth-order valence-corrected chi connectivity index (χ4v) is 3.63. The van der Waals surface area contributed by atoms with Gasteiger partial charge in [0.25, 0.3) is 0 Å². The van der Waals surface area contributed by atoms with E-state index in [1.54, 1.807) is 11.8 Å². The first-order chi connectivity index (χ1) is 9.81. The molecular weight excluding hydrogens is 437 g/mol. The highest BCUT2D eigenvalue weighted by atomic mass is 127. The van der Waals surface area contributed by atoms with E-state index < -0.39 is 8.07 Å². The summed E-state index contributed by atoms with van der Waals surface area (Å²) in [4.78, 5) is 8.97. The maximum absolute atomic E-state index is 6.18. The zero-order valence-corrected chi connectivity index (χ0v) is 17.3. The third-order valence-electron chi connectivity index (χ3n) is 3.02. The van der Waals surface area contributed by atoms with Crippen molar-refractivity contribution in [3.63, 3.8) is 0 Å². The van der Waals surface area contributed by atoms with Gasteiger partial charge in [0, 0.05) is 14.7 Å². The third-order valence-corrected chi connectivity index (χ3v) is 6.83. The Balaban J connectivity index is 2.19. The Kier molecular flexibility index (Phi) is 5.97. The van der Waals surface area contributed by atoms with Crippen molar-refractivity contribution in [3.8, 4) is 0 Å². The number of nitrogens with zero attached hydrogens (tertiary/aromatic N) is 3. The van der Waals surface area contributed by atoms with E-state index in [4.69, 9.17) is 16.3 Å². The molecule has 2 rings (SSSR count). The second-order valence-corrected chi connectivity index (χ2v) is 13.8. The summed E-state index contributed by atoms with van der Waals surface area (Å²) < 4.78 is 8.66. The number of imidazole rings is 1. The lowest BCUT2D eigenvalue weighted by atomic mass is 10.4. The maximum Gasteiger partial charge on any atom is 0.180 e. The molecule has 2 aromatic heterocycles. The summed E-state index contributed by atoms with van der Waals surface area (Å²) in [5.74, 6) is 0. The van der Waals surface area contributed by atoms with Crippen LogP contribution in [-0.4, -0.2) is 35.5 Å². The Labute approximate surface area is 149 Å². The normalized spacial score (nSPS) is 12.3. The van der Waals surface area contributed by atoms with Crippen molar-refractivity contribution in [3.05, 3.63) is 14.8 Å². The molecule has 2 heterocycles. The van der Waals surface area contributed by atoms with Gasteiger partial charge in [0.2, 0.25) is 0 Å². The summed E-state index contributed by atoms with van der Waals surface area (Å²) >= 11 is 9.89. The Morgan fingerprint density at radius 3 is 2.71 bits per heavy atom. The molecule has 0 bridgehead atoms. The molecule has 0 aliphatic heterocycles. The van der Waals surface area contributed by atoms with Crippen molar-refractivity contribution in [2.24, 2.45) is 0 Å². The van der Waals surface area contributed by atoms with E-state index in [1.807, 2.05) is 16.9 Å². The van der Waals surface area contributed by atoms with Crippen LogP contribution in [-0.2, 0) is 11.5 Å². The number of ether oxygens (including phenoxy) is 1. The minimum atomic E-state index is -1.06. The molecule has 0 atom stereocenters. The molecule has 0 aromatic carbocycles. The summed E-state index contributed by atoms with van der Waals surface area (Å²) in [5, 5.41) is 1.56. The molecule has 0 unspecified atom stereocenters. The van der Waals surface area contributed by atoms with Gasteiger partial charge in [0.05, 0.1) is 10.5 Å². The van der Waals surface area contributed by atoms with Gasteiger partial charge in [-0.15, -0.1) is 0 Å². The second-order valence-electron chi connectivity index (χ2n) is 5.98. The molecule has 0 aliphatic carbocycles. The van der Waals surface area contributed by atoms with Gasteiger partial charge in [0.15, 0.2) is 10.8 Å². The standard InChI is InChI=1S/C13H19ClIN3OSSi/c1-20-13-17-12-10(7-9(14)11(15)16-12)18(13)8-19-5-6-21(2,3)4/h7H,5-6,8H2,1-4H3. The van der Waals surface area contributed by atoms with Gasteiger partial charge in [-0.2, -0.15) is 0 Å².